The maximum atomic E-state index is 10.7. The number of nitrogens with two attached hydrogens (primary N) is 1. The lowest BCUT2D eigenvalue weighted by Gasteiger charge is -2.00. The topological polar surface area (TPSA) is 78.9 Å². The first-order chi connectivity index (χ1) is 7.24. The van der Waals surface area contributed by atoms with Gasteiger partial charge >= 0.3 is 0 Å². The van der Waals surface area contributed by atoms with Gasteiger partial charge < -0.3 is 11.1 Å². The zero-order valence-electron chi connectivity index (χ0n) is 8.10. The van der Waals surface area contributed by atoms with Crippen molar-refractivity contribution in [3.05, 3.63) is 47.7 Å². The molecular formula is C11H11N3O. The molecule has 3 N–H and O–H groups in total. The standard InChI is InChI=1S/C11H11N3O/c12-6-10(11(13)15)8-14-7-9-4-2-1-3-5-9/h1-5,8,14H,7H2,(H2,13,15)/b10-8+. The number of benzene rings is 1. The first kappa shape index (κ1) is 10.8. The van der Waals surface area contributed by atoms with Crippen molar-refractivity contribution in [1.29, 1.82) is 5.26 Å². The third-order valence-electron chi connectivity index (χ3n) is 1.78. The molecule has 0 aromatic heterocycles. The first-order valence-electron chi connectivity index (χ1n) is 4.41. The second-order valence-corrected chi connectivity index (χ2v) is 2.90. The number of nitriles is 1. The molecule has 0 aliphatic heterocycles. The Labute approximate surface area is 88.0 Å². The summed E-state index contributed by atoms with van der Waals surface area (Å²) < 4.78 is 0. The van der Waals surface area contributed by atoms with Gasteiger partial charge in [-0.15, -0.1) is 0 Å². The van der Waals surface area contributed by atoms with Crippen LogP contribution in [0.25, 0.3) is 0 Å². The minimum absolute atomic E-state index is 0.0778. The monoisotopic (exact) mass is 201 g/mol. The van der Waals surface area contributed by atoms with Crippen LogP contribution >= 0.6 is 0 Å². The molecule has 0 heterocycles. The number of amides is 1. The molecule has 0 radical (unpaired) electrons. The van der Waals surface area contributed by atoms with Gasteiger partial charge in [-0.25, -0.2) is 0 Å². The van der Waals surface area contributed by atoms with E-state index in [2.05, 4.69) is 5.32 Å². The maximum Gasteiger partial charge on any atom is 0.260 e. The fraction of sp³-hybridized carbons (Fsp3) is 0.0909. The molecule has 0 aliphatic carbocycles. The quantitative estimate of drug-likeness (QED) is 0.555. The summed E-state index contributed by atoms with van der Waals surface area (Å²) in [4.78, 5) is 10.7. The van der Waals surface area contributed by atoms with E-state index in [0.717, 1.165) is 5.56 Å². The van der Waals surface area contributed by atoms with Crippen molar-refractivity contribution in [3.63, 3.8) is 0 Å². The molecular weight excluding hydrogens is 190 g/mol. The van der Waals surface area contributed by atoms with Gasteiger partial charge in [0.05, 0.1) is 0 Å². The number of primary amides is 1. The smallest absolute Gasteiger partial charge is 0.260 e. The number of rotatable bonds is 4. The van der Waals surface area contributed by atoms with Gasteiger partial charge in [0.15, 0.2) is 0 Å². The summed E-state index contributed by atoms with van der Waals surface area (Å²) in [5.74, 6) is -0.724. The summed E-state index contributed by atoms with van der Waals surface area (Å²) in [5, 5.41) is 11.4. The number of carbonyl (C=O) groups is 1. The fourth-order valence-corrected chi connectivity index (χ4v) is 1.03. The summed E-state index contributed by atoms with van der Waals surface area (Å²) in [5.41, 5.74) is 5.94. The van der Waals surface area contributed by atoms with E-state index in [-0.39, 0.29) is 5.57 Å². The average molecular weight is 201 g/mol. The van der Waals surface area contributed by atoms with Crippen molar-refractivity contribution in [2.75, 3.05) is 0 Å². The van der Waals surface area contributed by atoms with E-state index in [1.54, 1.807) is 6.07 Å². The van der Waals surface area contributed by atoms with Crippen molar-refractivity contribution in [2.45, 2.75) is 6.54 Å². The van der Waals surface area contributed by atoms with Crippen LogP contribution in [0.1, 0.15) is 5.56 Å². The van der Waals surface area contributed by atoms with Gasteiger partial charge in [0.25, 0.3) is 5.91 Å². The average Bonchev–Trinajstić information content (AvgIpc) is 2.25. The third-order valence-corrected chi connectivity index (χ3v) is 1.78. The molecule has 0 saturated carbocycles. The molecule has 0 bridgehead atoms. The lowest BCUT2D eigenvalue weighted by atomic mass is 10.2. The highest BCUT2D eigenvalue weighted by Crippen LogP contribution is 1.97. The first-order valence-corrected chi connectivity index (χ1v) is 4.41. The Balaban J connectivity index is 2.52. The van der Waals surface area contributed by atoms with E-state index in [9.17, 15) is 4.79 Å². The van der Waals surface area contributed by atoms with Gasteiger partial charge in [-0.1, -0.05) is 30.3 Å². The van der Waals surface area contributed by atoms with Crippen molar-refractivity contribution in [3.8, 4) is 6.07 Å². The molecule has 0 atom stereocenters. The molecule has 0 aliphatic rings. The van der Waals surface area contributed by atoms with Gasteiger partial charge in [-0.3, -0.25) is 4.79 Å². The Morgan fingerprint density at radius 1 is 1.47 bits per heavy atom. The van der Waals surface area contributed by atoms with Crippen LogP contribution in [0.3, 0.4) is 0 Å². The maximum absolute atomic E-state index is 10.7. The number of carbonyl (C=O) groups excluding carboxylic acids is 1. The highest BCUT2D eigenvalue weighted by atomic mass is 16.1. The molecule has 1 rings (SSSR count). The summed E-state index contributed by atoms with van der Waals surface area (Å²) in [7, 11) is 0. The predicted molar refractivity (Wildman–Crippen MR) is 56.2 cm³/mol. The predicted octanol–water partition coefficient (Wildman–Crippen LogP) is 0.669. The Kier molecular flexibility index (Phi) is 3.92. The molecule has 0 saturated heterocycles. The molecule has 1 aromatic rings. The Hall–Kier alpha value is -2.28. The summed E-state index contributed by atoms with van der Waals surface area (Å²) >= 11 is 0. The van der Waals surface area contributed by atoms with Crippen LogP contribution in [-0.2, 0) is 11.3 Å². The van der Waals surface area contributed by atoms with Gasteiger partial charge in [-0.05, 0) is 5.56 Å². The lowest BCUT2D eigenvalue weighted by molar-refractivity contribution is -0.114. The second-order valence-electron chi connectivity index (χ2n) is 2.90. The van der Waals surface area contributed by atoms with Crippen LogP contribution < -0.4 is 11.1 Å². The van der Waals surface area contributed by atoms with Crippen LogP contribution in [0.15, 0.2) is 42.1 Å². The zero-order chi connectivity index (χ0) is 11.1. The minimum atomic E-state index is -0.724. The normalized spacial score (nSPS) is 10.5. The molecule has 0 fully saturated rings. The molecule has 4 heteroatoms. The highest BCUT2D eigenvalue weighted by molar-refractivity contribution is 5.95. The number of hydrogen-bond donors (Lipinski definition) is 2. The van der Waals surface area contributed by atoms with Crippen LogP contribution in [-0.4, -0.2) is 5.91 Å². The lowest BCUT2D eigenvalue weighted by Crippen LogP contribution is -2.16. The van der Waals surface area contributed by atoms with Crippen LogP contribution in [0, 0.1) is 11.3 Å². The molecule has 4 nitrogen and oxygen atoms in total. The molecule has 1 aromatic carbocycles. The van der Waals surface area contributed by atoms with E-state index >= 15 is 0 Å². The SMILES string of the molecule is N#C/C(=C\NCc1ccccc1)C(N)=O. The molecule has 0 spiro atoms. The summed E-state index contributed by atoms with van der Waals surface area (Å²) in [6.45, 7) is 0.555. The summed E-state index contributed by atoms with van der Waals surface area (Å²) in [6.07, 6.45) is 1.33. The second kappa shape index (κ2) is 5.45. The zero-order valence-corrected chi connectivity index (χ0v) is 8.10. The van der Waals surface area contributed by atoms with Gasteiger partial charge in [0.2, 0.25) is 0 Å². The summed E-state index contributed by atoms with van der Waals surface area (Å²) in [6, 6.07) is 11.3. The highest BCUT2D eigenvalue weighted by Gasteiger charge is 2.01. The van der Waals surface area contributed by atoms with Crippen molar-refractivity contribution >= 4 is 5.91 Å². The van der Waals surface area contributed by atoms with E-state index in [1.165, 1.54) is 6.20 Å². The van der Waals surface area contributed by atoms with Crippen molar-refractivity contribution in [2.24, 2.45) is 5.73 Å². The molecule has 76 valence electrons. The van der Waals surface area contributed by atoms with Crippen molar-refractivity contribution in [1.82, 2.24) is 5.32 Å². The fourth-order valence-electron chi connectivity index (χ4n) is 1.03. The van der Waals surface area contributed by atoms with E-state index in [4.69, 9.17) is 11.0 Å². The van der Waals surface area contributed by atoms with Crippen LogP contribution in [0.4, 0.5) is 0 Å². The van der Waals surface area contributed by atoms with Gasteiger partial charge in [-0.2, -0.15) is 5.26 Å². The minimum Gasteiger partial charge on any atom is -0.386 e. The van der Waals surface area contributed by atoms with Crippen LogP contribution in [0.2, 0.25) is 0 Å². The largest absolute Gasteiger partial charge is 0.386 e. The number of nitrogens with zero attached hydrogens (tertiary/aromatic N) is 1. The Bertz CT molecular complexity index is 404. The Morgan fingerprint density at radius 2 is 2.13 bits per heavy atom. The van der Waals surface area contributed by atoms with E-state index in [0.29, 0.717) is 6.54 Å². The third kappa shape index (κ3) is 3.53. The number of nitrogens with one attached hydrogen (secondary N) is 1. The van der Waals surface area contributed by atoms with Crippen LogP contribution in [0.5, 0.6) is 0 Å². The van der Waals surface area contributed by atoms with Gasteiger partial charge in [0.1, 0.15) is 11.6 Å². The Morgan fingerprint density at radius 3 is 2.67 bits per heavy atom. The molecule has 0 unspecified atom stereocenters. The number of hydrogen-bond acceptors (Lipinski definition) is 3. The molecule has 15 heavy (non-hydrogen) atoms. The van der Waals surface area contributed by atoms with Gasteiger partial charge in [0, 0.05) is 12.7 Å². The van der Waals surface area contributed by atoms with E-state index in [1.807, 2.05) is 30.3 Å². The van der Waals surface area contributed by atoms with E-state index < -0.39 is 5.91 Å². The van der Waals surface area contributed by atoms with Crippen molar-refractivity contribution < 1.29 is 4.79 Å². The molecule has 1 amide bonds.